The molecule has 1 unspecified atom stereocenters. The number of thioether (sulfide) groups is 1. The van der Waals surface area contributed by atoms with Crippen LogP contribution in [0.5, 0.6) is 0 Å². The monoisotopic (exact) mass is 616 g/mol. The highest BCUT2D eigenvalue weighted by Crippen LogP contribution is 2.56. The van der Waals surface area contributed by atoms with E-state index in [1.54, 1.807) is 0 Å². The maximum atomic E-state index is 4.49. The highest BCUT2D eigenvalue weighted by molar-refractivity contribution is 8.04. The van der Waals surface area contributed by atoms with E-state index in [0.29, 0.717) is 5.92 Å². The minimum absolute atomic E-state index is 0.435. The Morgan fingerprint density at radius 1 is 0.638 bits per heavy atom. The summed E-state index contributed by atoms with van der Waals surface area (Å²) in [4.78, 5) is 2.89. The lowest BCUT2D eigenvalue weighted by Gasteiger charge is -2.19. The minimum Gasteiger partial charge on any atom is -0.0984 e. The first kappa shape index (κ1) is 27.9. The molecule has 0 spiro atoms. The van der Waals surface area contributed by atoms with E-state index in [1.165, 1.54) is 69.6 Å². The van der Waals surface area contributed by atoms with Crippen LogP contribution in [-0.2, 0) is 0 Å². The molecule has 1 aliphatic heterocycles. The molecular formula is C46H32S. The van der Waals surface area contributed by atoms with Crippen LogP contribution in [0.15, 0.2) is 175 Å². The van der Waals surface area contributed by atoms with Gasteiger partial charge in [-0.25, -0.2) is 0 Å². The van der Waals surface area contributed by atoms with E-state index in [9.17, 15) is 0 Å². The molecule has 1 heterocycles. The van der Waals surface area contributed by atoms with Crippen LogP contribution in [0, 0.1) is 0 Å². The molecule has 222 valence electrons. The van der Waals surface area contributed by atoms with Crippen LogP contribution < -0.4 is 0 Å². The first-order chi connectivity index (χ1) is 23.2. The fourth-order valence-corrected chi connectivity index (χ4v) is 9.08. The second-order valence-electron chi connectivity index (χ2n) is 12.5. The van der Waals surface area contributed by atoms with Gasteiger partial charge in [-0.1, -0.05) is 164 Å². The molecule has 0 radical (unpaired) electrons. The lowest BCUT2D eigenvalue weighted by atomic mass is 9.86. The average Bonchev–Trinajstić information content (AvgIpc) is 3.53. The molecule has 0 aromatic heterocycles. The van der Waals surface area contributed by atoms with Gasteiger partial charge < -0.3 is 0 Å². The van der Waals surface area contributed by atoms with E-state index < -0.39 is 0 Å². The van der Waals surface area contributed by atoms with Crippen LogP contribution in [0.4, 0.5) is 0 Å². The zero-order valence-corrected chi connectivity index (χ0v) is 26.9. The second-order valence-corrected chi connectivity index (χ2v) is 13.6. The van der Waals surface area contributed by atoms with Crippen LogP contribution in [0.2, 0.25) is 0 Å². The lowest BCUT2D eigenvalue weighted by Crippen LogP contribution is -2.01. The van der Waals surface area contributed by atoms with Crippen molar-refractivity contribution in [1.29, 1.82) is 0 Å². The molecule has 1 heteroatoms. The molecule has 2 aliphatic rings. The summed E-state index contributed by atoms with van der Waals surface area (Å²) in [6.07, 6.45) is 9.83. The van der Waals surface area contributed by atoms with Gasteiger partial charge in [0, 0.05) is 15.7 Å². The summed E-state index contributed by atoms with van der Waals surface area (Å²) < 4.78 is 0. The molecule has 0 N–H and O–H groups in total. The third-order valence-corrected chi connectivity index (χ3v) is 11.3. The molecule has 1 atom stereocenters. The molecule has 1 aliphatic carbocycles. The molecule has 7 aromatic rings. The van der Waals surface area contributed by atoms with Gasteiger partial charge in [-0.15, -0.1) is 0 Å². The van der Waals surface area contributed by atoms with Crippen molar-refractivity contribution in [2.75, 3.05) is 0 Å². The minimum atomic E-state index is 0.435. The third kappa shape index (κ3) is 4.53. The smallest absolute Gasteiger partial charge is 0.0236 e. The van der Waals surface area contributed by atoms with Crippen molar-refractivity contribution in [1.82, 2.24) is 0 Å². The molecule has 0 amide bonds. The van der Waals surface area contributed by atoms with Crippen molar-refractivity contribution >= 4 is 71.6 Å². The second kappa shape index (κ2) is 11.2. The first-order valence-electron chi connectivity index (χ1n) is 16.3. The van der Waals surface area contributed by atoms with Gasteiger partial charge in [0.15, 0.2) is 0 Å². The molecule has 0 fully saturated rings. The van der Waals surface area contributed by atoms with Crippen molar-refractivity contribution in [3.05, 3.63) is 192 Å². The van der Waals surface area contributed by atoms with Crippen LogP contribution >= 0.6 is 11.8 Å². The van der Waals surface area contributed by atoms with Crippen molar-refractivity contribution in [3.63, 3.8) is 0 Å². The number of hydrogen-bond acceptors (Lipinski definition) is 1. The fraction of sp³-hybridized carbons (Fsp3) is 0.0435. The molecule has 0 nitrogen and oxygen atoms in total. The summed E-state index contributed by atoms with van der Waals surface area (Å²) in [5, 5.41) is 10.3. The van der Waals surface area contributed by atoms with Crippen molar-refractivity contribution in [2.24, 2.45) is 0 Å². The molecule has 47 heavy (non-hydrogen) atoms. The molecule has 7 aromatic carbocycles. The van der Waals surface area contributed by atoms with Crippen LogP contribution in [-0.4, -0.2) is 0 Å². The lowest BCUT2D eigenvalue weighted by molar-refractivity contribution is 0.843. The van der Waals surface area contributed by atoms with Gasteiger partial charge in [-0.2, -0.15) is 0 Å². The molecule has 0 saturated heterocycles. The number of hydrogen-bond donors (Lipinski definition) is 0. The Morgan fingerprint density at radius 3 is 1.96 bits per heavy atom. The maximum absolute atomic E-state index is 4.49. The summed E-state index contributed by atoms with van der Waals surface area (Å²) in [5.74, 6) is 0.435. The predicted octanol–water partition coefficient (Wildman–Crippen LogP) is 13.1. The molecule has 0 saturated carbocycles. The Hall–Kier alpha value is -5.37. The largest absolute Gasteiger partial charge is 0.0984 e. The van der Waals surface area contributed by atoms with Crippen molar-refractivity contribution in [2.45, 2.75) is 17.2 Å². The topological polar surface area (TPSA) is 0 Å². The Kier molecular flexibility index (Phi) is 6.62. The van der Waals surface area contributed by atoms with E-state index in [0.717, 1.165) is 28.7 Å². The average molecular weight is 617 g/mol. The summed E-state index contributed by atoms with van der Waals surface area (Å²) in [6.45, 7) is 8.68. The quantitative estimate of drug-likeness (QED) is 0.137. The Labute approximate surface area is 279 Å². The Morgan fingerprint density at radius 2 is 1.26 bits per heavy atom. The van der Waals surface area contributed by atoms with E-state index in [-0.39, 0.29) is 0 Å². The van der Waals surface area contributed by atoms with Gasteiger partial charge in [0.25, 0.3) is 0 Å². The highest BCUT2D eigenvalue weighted by Gasteiger charge is 2.32. The number of benzene rings is 7. The summed E-state index contributed by atoms with van der Waals surface area (Å²) in [7, 11) is 0. The van der Waals surface area contributed by atoms with Crippen LogP contribution in [0.25, 0.3) is 59.8 Å². The molecule has 9 rings (SSSR count). The van der Waals surface area contributed by atoms with Gasteiger partial charge in [-0.05, 0) is 101 Å². The SMILES string of the molecule is C=C/C(=C\C(=C)c1ccc(C2=C3Sc4c(ccc5ccccc45)C3CC=C2)cc1)c1ccc2c3ccccc3c3ccccc3c2c1. The van der Waals surface area contributed by atoms with E-state index in [4.69, 9.17) is 0 Å². The number of rotatable bonds is 5. The van der Waals surface area contributed by atoms with Crippen LogP contribution in [0.1, 0.15) is 34.6 Å². The zero-order chi connectivity index (χ0) is 31.5. The molecule has 0 bridgehead atoms. The van der Waals surface area contributed by atoms with Gasteiger partial charge in [0.1, 0.15) is 0 Å². The number of allylic oxidation sites excluding steroid dienone is 8. The predicted molar refractivity (Wildman–Crippen MR) is 206 cm³/mol. The fourth-order valence-electron chi connectivity index (χ4n) is 7.57. The third-order valence-electron chi connectivity index (χ3n) is 9.93. The van der Waals surface area contributed by atoms with E-state index in [1.807, 2.05) is 17.8 Å². The summed E-state index contributed by atoms with van der Waals surface area (Å²) in [6, 6.07) is 46.5. The van der Waals surface area contributed by atoms with Gasteiger partial charge >= 0.3 is 0 Å². The standard InChI is InChI=1S/C46H32S/c1-3-30(34-24-25-41-39-15-7-6-13-37(39)38-14-8-9-16-40(38)44(41)28-34)27-29(2)31-19-21-33(22-20-31)36-17-10-18-42-43-26-23-32-11-4-5-12-35(32)46(43)47-45(36)42/h3-17,19-28,42H,1-2,18H2/b30-27+. The summed E-state index contributed by atoms with van der Waals surface area (Å²) >= 11 is 1.96. The Bertz CT molecular complexity index is 2500. The highest BCUT2D eigenvalue weighted by atomic mass is 32.2. The van der Waals surface area contributed by atoms with E-state index >= 15 is 0 Å². The van der Waals surface area contributed by atoms with Crippen molar-refractivity contribution < 1.29 is 0 Å². The van der Waals surface area contributed by atoms with Gasteiger partial charge in [0.2, 0.25) is 0 Å². The molecular weight excluding hydrogens is 585 g/mol. The first-order valence-corrected chi connectivity index (χ1v) is 17.1. The summed E-state index contributed by atoms with van der Waals surface area (Å²) in [5.41, 5.74) is 8.34. The zero-order valence-electron chi connectivity index (χ0n) is 26.0. The van der Waals surface area contributed by atoms with Crippen molar-refractivity contribution in [3.8, 4) is 0 Å². The van der Waals surface area contributed by atoms with E-state index in [2.05, 4.69) is 159 Å². The number of fused-ring (bicyclic) bond motifs is 11. The maximum Gasteiger partial charge on any atom is 0.0236 e. The van der Waals surface area contributed by atoms with Gasteiger partial charge in [-0.3, -0.25) is 0 Å². The Balaban J connectivity index is 1.05. The normalized spacial score (nSPS) is 15.8. The van der Waals surface area contributed by atoms with Gasteiger partial charge in [0.05, 0.1) is 0 Å². The van der Waals surface area contributed by atoms with Crippen LogP contribution in [0.3, 0.4) is 0 Å².